The Balaban J connectivity index is 2.27. The van der Waals surface area contributed by atoms with E-state index in [0.717, 1.165) is 12.8 Å². The number of aryl methyl sites for hydroxylation is 2. The van der Waals surface area contributed by atoms with Crippen LogP contribution in [0.1, 0.15) is 43.4 Å². The molecule has 0 fully saturated rings. The Bertz CT molecular complexity index is 555. The average Bonchev–Trinajstić information content (AvgIpc) is 2.70. The van der Waals surface area contributed by atoms with E-state index in [1.807, 2.05) is 0 Å². The molecule has 19 heavy (non-hydrogen) atoms. The first kappa shape index (κ1) is 13.9. The van der Waals surface area contributed by atoms with Crippen molar-refractivity contribution >= 4 is 5.57 Å². The van der Waals surface area contributed by atoms with Gasteiger partial charge in [0, 0.05) is 0 Å². The van der Waals surface area contributed by atoms with E-state index < -0.39 is 0 Å². The van der Waals surface area contributed by atoms with E-state index in [1.54, 1.807) is 0 Å². The van der Waals surface area contributed by atoms with Crippen molar-refractivity contribution in [3.05, 3.63) is 64.8 Å². The first-order chi connectivity index (χ1) is 9.01. The van der Waals surface area contributed by atoms with Gasteiger partial charge in [0.1, 0.15) is 0 Å². The van der Waals surface area contributed by atoms with Gasteiger partial charge in [-0.15, -0.1) is 0 Å². The molecule has 0 heterocycles. The van der Waals surface area contributed by atoms with Crippen molar-refractivity contribution < 1.29 is 0 Å². The summed E-state index contributed by atoms with van der Waals surface area (Å²) in [7, 11) is 0. The van der Waals surface area contributed by atoms with Crippen LogP contribution in [0.4, 0.5) is 0 Å². The molecule has 1 aliphatic rings. The van der Waals surface area contributed by atoms with Crippen molar-refractivity contribution in [2.45, 2.75) is 40.5 Å². The van der Waals surface area contributed by atoms with Crippen molar-refractivity contribution in [1.29, 1.82) is 0 Å². The van der Waals surface area contributed by atoms with Gasteiger partial charge in [0.25, 0.3) is 0 Å². The normalized spacial score (nSPS) is 20.7. The Morgan fingerprint density at radius 2 is 2.11 bits per heavy atom. The Hall–Kier alpha value is -1.56. The van der Waals surface area contributed by atoms with E-state index >= 15 is 0 Å². The van der Waals surface area contributed by atoms with E-state index in [4.69, 9.17) is 0 Å². The van der Waals surface area contributed by atoms with Crippen LogP contribution in [0, 0.1) is 19.8 Å². The molecule has 1 aromatic rings. The molecule has 0 heteroatoms. The van der Waals surface area contributed by atoms with Gasteiger partial charge in [-0.3, -0.25) is 0 Å². The van der Waals surface area contributed by atoms with Gasteiger partial charge >= 0.3 is 0 Å². The van der Waals surface area contributed by atoms with Crippen LogP contribution in [0.25, 0.3) is 5.57 Å². The summed E-state index contributed by atoms with van der Waals surface area (Å²) in [6.07, 6.45) is 6.81. The van der Waals surface area contributed by atoms with Gasteiger partial charge in [0.05, 0.1) is 0 Å². The minimum atomic E-state index is 0.541. The summed E-state index contributed by atoms with van der Waals surface area (Å²) < 4.78 is 0. The molecule has 1 unspecified atom stereocenters. The van der Waals surface area contributed by atoms with Crippen molar-refractivity contribution in [1.82, 2.24) is 0 Å². The number of allylic oxidation sites excluding steroid dienone is 5. The van der Waals surface area contributed by atoms with Crippen LogP contribution in [-0.2, 0) is 0 Å². The van der Waals surface area contributed by atoms with Gasteiger partial charge in [-0.1, -0.05) is 67.5 Å². The zero-order valence-corrected chi connectivity index (χ0v) is 12.6. The smallest absolute Gasteiger partial charge is 0.00390 e. The Morgan fingerprint density at radius 1 is 1.37 bits per heavy atom. The van der Waals surface area contributed by atoms with E-state index in [1.165, 1.54) is 33.4 Å². The van der Waals surface area contributed by atoms with Crippen molar-refractivity contribution in [3.8, 4) is 0 Å². The number of benzene rings is 1. The molecule has 1 atom stereocenters. The fourth-order valence-corrected chi connectivity index (χ4v) is 2.75. The molecule has 0 bridgehead atoms. The molecule has 0 radical (unpaired) electrons. The van der Waals surface area contributed by atoms with Crippen LogP contribution >= 0.6 is 0 Å². The molecule has 0 saturated heterocycles. The molecule has 0 amide bonds. The minimum absolute atomic E-state index is 0.541. The summed E-state index contributed by atoms with van der Waals surface area (Å²) in [4.78, 5) is 0. The first-order valence-corrected chi connectivity index (χ1v) is 7.17. The van der Waals surface area contributed by atoms with E-state index in [2.05, 4.69) is 64.6 Å². The summed E-state index contributed by atoms with van der Waals surface area (Å²) in [6, 6.07) is 6.74. The topological polar surface area (TPSA) is 0 Å². The van der Waals surface area contributed by atoms with Gasteiger partial charge < -0.3 is 0 Å². The molecular weight excluding hydrogens is 228 g/mol. The SMILES string of the molecule is C=C(/C=C1\CC(c2ccc(C)cc2C)=CC1C)CC. The Kier molecular flexibility index (Phi) is 4.09. The van der Waals surface area contributed by atoms with Gasteiger partial charge in [-0.2, -0.15) is 0 Å². The van der Waals surface area contributed by atoms with Crippen LogP contribution in [-0.4, -0.2) is 0 Å². The second-order valence-corrected chi connectivity index (χ2v) is 5.71. The van der Waals surface area contributed by atoms with Crippen molar-refractivity contribution in [2.75, 3.05) is 0 Å². The van der Waals surface area contributed by atoms with Crippen LogP contribution in [0.2, 0.25) is 0 Å². The highest BCUT2D eigenvalue weighted by Crippen LogP contribution is 2.37. The van der Waals surface area contributed by atoms with Crippen molar-refractivity contribution in [3.63, 3.8) is 0 Å². The zero-order chi connectivity index (χ0) is 14.0. The number of hydrogen-bond acceptors (Lipinski definition) is 0. The molecule has 0 nitrogen and oxygen atoms in total. The maximum absolute atomic E-state index is 4.10. The summed E-state index contributed by atoms with van der Waals surface area (Å²) in [6.45, 7) is 12.9. The molecule has 0 aromatic heterocycles. The highest BCUT2D eigenvalue weighted by Gasteiger charge is 2.19. The summed E-state index contributed by atoms with van der Waals surface area (Å²) >= 11 is 0. The maximum atomic E-state index is 4.10. The summed E-state index contributed by atoms with van der Waals surface area (Å²) in [5.74, 6) is 0.541. The molecule has 100 valence electrons. The maximum Gasteiger partial charge on any atom is -0.00390 e. The lowest BCUT2D eigenvalue weighted by atomic mass is 9.97. The molecule has 0 saturated carbocycles. The van der Waals surface area contributed by atoms with E-state index in [-0.39, 0.29) is 0 Å². The monoisotopic (exact) mass is 252 g/mol. The largest absolute Gasteiger partial charge is 0.0958 e. The van der Waals surface area contributed by atoms with Crippen LogP contribution in [0.3, 0.4) is 0 Å². The number of hydrogen-bond donors (Lipinski definition) is 0. The van der Waals surface area contributed by atoms with Crippen LogP contribution < -0.4 is 0 Å². The lowest BCUT2D eigenvalue weighted by Gasteiger charge is -2.08. The predicted octanol–water partition coefficient (Wildman–Crippen LogP) is 5.62. The van der Waals surface area contributed by atoms with Crippen molar-refractivity contribution in [2.24, 2.45) is 5.92 Å². The molecule has 1 aromatic carbocycles. The third-order valence-corrected chi connectivity index (χ3v) is 4.00. The predicted molar refractivity (Wildman–Crippen MR) is 85.2 cm³/mol. The lowest BCUT2D eigenvalue weighted by Crippen LogP contribution is -1.90. The van der Waals surface area contributed by atoms with E-state index in [0.29, 0.717) is 5.92 Å². The molecule has 0 N–H and O–H groups in total. The minimum Gasteiger partial charge on any atom is -0.0958 e. The summed E-state index contributed by atoms with van der Waals surface area (Å²) in [5.41, 5.74) is 8.33. The highest BCUT2D eigenvalue weighted by atomic mass is 14.2. The fraction of sp³-hybridized carbons (Fsp3) is 0.368. The average molecular weight is 252 g/mol. The van der Waals surface area contributed by atoms with Crippen LogP contribution in [0.15, 0.2) is 48.1 Å². The van der Waals surface area contributed by atoms with Crippen LogP contribution in [0.5, 0.6) is 0 Å². The van der Waals surface area contributed by atoms with Gasteiger partial charge in [-0.05, 0) is 49.3 Å². The van der Waals surface area contributed by atoms with Gasteiger partial charge in [0.2, 0.25) is 0 Å². The van der Waals surface area contributed by atoms with Gasteiger partial charge in [-0.25, -0.2) is 0 Å². The first-order valence-electron chi connectivity index (χ1n) is 7.17. The second-order valence-electron chi connectivity index (χ2n) is 5.71. The standard InChI is InChI=1S/C19H24/c1-6-13(2)10-17-12-18(11-15(17)4)19-8-7-14(3)9-16(19)5/h7-11,15H,2,6,12H2,1,3-5H3/b17-10+. The lowest BCUT2D eigenvalue weighted by molar-refractivity contribution is 0.874. The molecular formula is C19H24. The fourth-order valence-electron chi connectivity index (χ4n) is 2.75. The third-order valence-electron chi connectivity index (χ3n) is 4.00. The molecule has 0 aliphatic heterocycles. The molecule has 2 rings (SSSR count). The highest BCUT2D eigenvalue weighted by molar-refractivity contribution is 5.74. The summed E-state index contributed by atoms with van der Waals surface area (Å²) in [5, 5.41) is 0. The van der Waals surface area contributed by atoms with E-state index in [9.17, 15) is 0 Å². The molecule has 1 aliphatic carbocycles. The Morgan fingerprint density at radius 3 is 2.74 bits per heavy atom. The number of rotatable bonds is 3. The molecule has 0 spiro atoms. The Labute approximate surface area is 117 Å². The van der Waals surface area contributed by atoms with Gasteiger partial charge in [0.15, 0.2) is 0 Å². The zero-order valence-electron chi connectivity index (χ0n) is 12.6. The quantitative estimate of drug-likeness (QED) is 0.655. The second kappa shape index (κ2) is 5.61. The third kappa shape index (κ3) is 3.07.